The van der Waals surface area contributed by atoms with E-state index in [4.69, 9.17) is 4.74 Å². The van der Waals surface area contributed by atoms with E-state index in [1.807, 2.05) is 0 Å². The van der Waals surface area contributed by atoms with Crippen LogP contribution >= 0.6 is 0 Å². The number of nitrogens with one attached hydrogen (secondary N) is 1. The zero-order chi connectivity index (χ0) is 21.4. The maximum atomic E-state index is 12.7. The molecule has 2 aromatic rings. The molecule has 0 radical (unpaired) electrons. The number of anilines is 1. The van der Waals surface area contributed by atoms with Gasteiger partial charge in [-0.25, -0.2) is 0 Å². The molecule has 1 amide bonds. The molecule has 29 heavy (non-hydrogen) atoms. The Bertz CT molecular complexity index is 942. The fourth-order valence-electron chi connectivity index (χ4n) is 2.25. The summed E-state index contributed by atoms with van der Waals surface area (Å²) in [7, 11) is 1.39. The van der Waals surface area contributed by atoms with Crippen LogP contribution in [0.4, 0.5) is 23.2 Å². The third-order valence-electron chi connectivity index (χ3n) is 3.45. The van der Waals surface area contributed by atoms with Gasteiger partial charge < -0.3 is 19.5 Å². The molecule has 152 valence electrons. The quantitative estimate of drug-likeness (QED) is 0.395. The number of carbonyl (C=O) groups excluding carboxylic acids is 1. The lowest BCUT2D eigenvalue weighted by Gasteiger charge is -2.12. The van der Waals surface area contributed by atoms with Gasteiger partial charge in [0, 0.05) is 11.6 Å². The van der Waals surface area contributed by atoms with Gasteiger partial charge in [-0.1, -0.05) is 12.1 Å². The molecule has 0 aliphatic rings. The van der Waals surface area contributed by atoms with E-state index in [0.717, 1.165) is 24.3 Å². The molecule has 0 spiro atoms. The molecule has 0 heterocycles. The van der Waals surface area contributed by atoms with E-state index >= 15 is 0 Å². The number of hydrogen-bond acceptors (Lipinski definition) is 5. The van der Waals surface area contributed by atoms with Gasteiger partial charge >= 0.3 is 13.2 Å². The molecule has 1 N–H and O–H groups in total. The summed E-state index contributed by atoms with van der Waals surface area (Å²) < 4.78 is 63.5. The van der Waals surface area contributed by atoms with Gasteiger partial charge in [0.15, 0.2) is 0 Å². The first-order valence-corrected chi connectivity index (χ1v) is 7.94. The van der Waals surface area contributed by atoms with Gasteiger partial charge in [0.05, 0.1) is 12.8 Å². The van der Waals surface area contributed by atoms with Crippen molar-refractivity contribution in [2.24, 2.45) is 0 Å². The van der Waals surface area contributed by atoms with Gasteiger partial charge in [-0.2, -0.15) is 22.8 Å². The largest absolute Gasteiger partial charge is 0.495 e. The van der Waals surface area contributed by atoms with E-state index in [2.05, 4.69) is 14.8 Å². The van der Waals surface area contributed by atoms with Crippen molar-refractivity contribution in [3.05, 3.63) is 53.6 Å². The van der Waals surface area contributed by atoms with Crippen LogP contribution in [0, 0.1) is 11.3 Å². The average molecular weight is 410 g/mol. The number of alkyl halides is 4. The molecule has 0 atom stereocenters. The first kappa shape index (κ1) is 21.6. The van der Waals surface area contributed by atoms with Gasteiger partial charge in [0.25, 0.3) is 5.91 Å². The number of methoxy groups -OCH3 is 1. The number of ether oxygens (including phenoxy) is 3. The van der Waals surface area contributed by atoms with Crippen molar-refractivity contribution < 1.29 is 36.6 Å². The monoisotopic (exact) mass is 410 g/mol. The third kappa shape index (κ3) is 6.14. The molecule has 0 aromatic heterocycles. The molecule has 0 fully saturated rings. The Kier molecular flexibility index (Phi) is 7.42. The Labute approximate surface area is 162 Å². The van der Waals surface area contributed by atoms with E-state index in [0.29, 0.717) is 5.75 Å². The molecule has 0 aliphatic heterocycles. The number of carbonyl (C=O) groups is 1. The summed E-state index contributed by atoms with van der Waals surface area (Å²) in [5.74, 6) is -1.47. The minimum absolute atomic E-state index is 0.112. The van der Waals surface area contributed by atoms with Gasteiger partial charge in [-0.05, 0) is 30.3 Å². The number of amides is 1. The van der Waals surface area contributed by atoms with Crippen molar-refractivity contribution >= 4 is 17.7 Å². The highest BCUT2D eigenvalue weighted by molar-refractivity contribution is 6.10. The summed E-state index contributed by atoms with van der Waals surface area (Å²) in [6.07, 6.45) is 0.981. The summed E-state index contributed by atoms with van der Waals surface area (Å²) >= 11 is 0. The molecule has 10 heteroatoms. The summed E-state index contributed by atoms with van der Waals surface area (Å²) in [6.45, 7) is -6.44. The van der Waals surface area contributed by atoms with E-state index in [1.165, 1.54) is 13.2 Å². The predicted molar refractivity (Wildman–Crippen MR) is 94.9 cm³/mol. The molecule has 2 rings (SSSR count). The normalized spacial score (nSPS) is 11.2. The van der Waals surface area contributed by atoms with Crippen LogP contribution in [-0.4, -0.2) is 26.2 Å². The minimum Gasteiger partial charge on any atom is -0.495 e. The van der Waals surface area contributed by atoms with Crippen molar-refractivity contribution in [2.75, 3.05) is 12.4 Å². The fourth-order valence-corrected chi connectivity index (χ4v) is 2.25. The molecule has 6 nitrogen and oxygen atoms in total. The number of hydrogen-bond donors (Lipinski definition) is 1. The van der Waals surface area contributed by atoms with Crippen molar-refractivity contribution in [3.8, 4) is 23.3 Å². The van der Waals surface area contributed by atoms with E-state index < -0.39 is 36.2 Å². The van der Waals surface area contributed by atoms with Crippen LogP contribution in [0.3, 0.4) is 0 Å². The Hall–Kier alpha value is -3.74. The van der Waals surface area contributed by atoms with Crippen LogP contribution < -0.4 is 19.5 Å². The predicted octanol–water partition coefficient (Wildman–Crippen LogP) is 4.44. The number of rotatable bonds is 8. The highest BCUT2D eigenvalue weighted by Crippen LogP contribution is 2.30. The van der Waals surface area contributed by atoms with Crippen LogP contribution in [0.15, 0.2) is 48.0 Å². The highest BCUT2D eigenvalue weighted by Gasteiger charge is 2.16. The number of nitriles is 1. The fraction of sp³-hybridized carbons (Fsp3) is 0.158. The summed E-state index contributed by atoms with van der Waals surface area (Å²) in [6, 6.07) is 11.0. The van der Waals surface area contributed by atoms with Crippen molar-refractivity contribution in [2.45, 2.75) is 13.2 Å². The second-order valence-electron chi connectivity index (χ2n) is 5.28. The molecule has 0 unspecified atom stereocenters. The second kappa shape index (κ2) is 9.98. The van der Waals surface area contributed by atoms with Crippen molar-refractivity contribution in [1.82, 2.24) is 0 Å². The van der Waals surface area contributed by atoms with Gasteiger partial charge in [-0.3, -0.25) is 4.79 Å². The van der Waals surface area contributed by atoms with Crippen LogP contribution in [0.25, 0.3) is 6.08 Å². The smallest absolute Gasteiger partial charge is 0.387 e. The second-order valence-corrected chi connectivity index (χ2v) is 5.28. The first-order valence-electron chi connectivity index (χ1n) is 7.94. The summed E-state index contributed by atoms with van der Waals surface area (Å²) in [5, 5.41) is 11.7. The molecule has 0 bridgehead atoms. The maximum Gasteiger partial charge on any atom is 0.387 e. The van der Waals surface area contributed by atoms with Crippen LogP contribution in [-0.2, 0) is 4.79 Å². The molecule has 0 saturated carbocycles. The molecule has 0 aliphatic carbocycles. The number of para-hydroxylation sites is 2. The molecule has 2 aromatic carbocycles. The topological polar surface area (TPSA) is 80.6 Å². The minimum atomic E-state index is -3.27. The van der Waals surface area contributed by atoms with Gasteiger partial charge in [0.2, 0.25) is 0 Å². The number of halogens is 4. The zero-order valence-electron chi connectivity index (χ0n) is 14.9. The Morgan fingerprint density at radius 2 is 1.76 bits per heavy atom. The van der Waals surface area contributed by atoms with E-state index in [9.17, 15) is 27.6 Å². The number of benzene rings is 2. The Balaban J connectivity index is 2.35. The Morgan fingerprint density at radius 3 is 2.38 bits per heavy atom. The van der Waals surface area contributed by atoms with Crippen molar-refractivity contribution in [3.63, 3.8) is 0 Å². The van der Waals surface area contributed by atoms with Crippen LogP contribution in [0.2, 0.25) is 0 Å². The molecule has 0 saturated heterocycles. The summed E-state index contributed by atoms with van der Waals surface area (Å²) in [5.41, 5.74) is -0.276. The lowest BCUT2D eigenvalue weighted by atomic mass is 10.1. The average Bonchev–Trinajstić information content (AvgIpc) is 2.66. The lowest BCUT2D eigenvalue weighted by Crippen LogP contribution is -2.14. The Morgan fingerprint density at radius 1 is 1.07 bits per heavy atom. The zero-order valence-corrected chi connectivity index (χ0v) is 14.9. The van der Waals surface area contributed by atoms with Crippen LogP contribution in [0.5, 0.6) is 17.2 Å². The first-order chi connectivity index (χ1) is 13.8. The third-order valence-corrected chi connectivity index (χ3v) is 3.45. The van der Waals surface area contributed by atoms with Crippen LogP contribution in [0.1, 0.15) is 5.56 Å². The standard InChI is InChI=1S/C19H14F4N2O4/c1-27-15-5-3-2-4-14(15)25-17(26)12(10-24)8-11-6-7-13(28-18(20)21)9-16(11)29-19(22)23/h2-9,18-19H,1H3,(H,25,26)/b12-8+. The van der Waals surface area contributed by atoms with E-state index in [1.54, 1.807) is 24.3 Å². The van der Waals surface area contributed by atoms with Gasteiger partial charge in [0.1, 0.15) is 28.9 Å². The van der Waals surface area contributed by atoms with E-state index in [-0.39, 0.29) is 11.3 Å². The lowest BCUT2D eigenvalue weighted by molar-refractivity contribution is -0.112. The SMILES string of the molecule is COc1ccccc1NC(=O)/C(C#N)=C/c1ccc(OC(F)F)cc1OC(F)F. The van der Waals surface area contributed by atoms with Crippen molar-refractivity contribution in [1.29, 1.82) is 5.26 Å². The number of nitrogens with zero attached hydrogens (tertiary/aromatic N) is 1. The maximum absolute atomic E-state index is 12.7. The molecular weight excluding hydrogens is 396 g/mol. The molecular formula is C19H14F4N2O4. The van der Waals surface area contributed by atoms with Gasteiger partial charge in [-0.15, -0.1) is 0 Å². The summed E-state index contributed by atoms with van der Waals surface area (Å²) in [4.78, 5) is 12.4. The highest BCUT2D eigenvalue weighted by atomic mass is 19.3.